The second-order valence-corrected chi connectivity index (χ2v) is 6.06. The number of carbonyl (C=O) groups excluding carboxylic acids is 2. The molecule has 0 aliphatic heterocycles. The third-order valence-electron chi connectivity index (χ3n) is 4.36. The van der Waals surface area contributed by atoms with Crippen LogP contribution in [0.2, 0.25) is 0 Å². The van der Waals surface area contributed by atoms with Crippen LogP contribution in [0.1, 0.15) is 22.8 Å². The van der Waals surface area contributed by atoms with Crippen molar-refractivity contribution in [2.75, 3.05) is 14.2 Å². The summed E-state index contributed by atoms with van der Waals surface area (Å²) in [4.78, 5) is 30.8. The van der Waals surface area contributed by atoms with Gasteiger partial charge in [0.05, 0.1) is 23.9 Å². The number of hydrogen-bond acceptors (Lipinski definition) is 4. The Labute approximate surface area is 152 Å². The number of nitrogens with zero attached hydrogens (tertiary/aromatic N) is 2. The first-order chi connectivity index (χ1) is 12.5. The summed E-state index contributed by atoms with van der Waals surface area (Å²) < 4.78 is 5.05. The van der Waals surface area contributed by atoms with Crippen molar-refractivity contribution < 1.29 is 14.3 Å². The van der Waals surface area contributed by atoms with E-state index in [0.717, 1.165) is 5.56 Å². The molecule has 0 saturated carbocycles. The van der Waals surface area contributed by atoms with E-state index in [1.165, 1.54) is 14.0 Å². The topological polar surface area (TPSA) is 59.5 Å². The highest BCUT2D eigenvalue weighted by Gasteiger charge is 2.23. The Morgan fingerprint density at radius 2 is 1.69 bits per heavy atom. The van der Waals surface area contributed by atoms with E-state index in [1.54, 1.807) is 11.9 Å². The van der Waals surface area contributed by atoms with Gasteiger partial charge in [-0.05, 0) is 6.07 Å². The summed E-state index contributed by atoms with van der Waals surface area (Å²) in [5.74, 6) is -0.527. The predicted octanol–water partition coefficient (Wildman–Crippen LogP) is 3.67. The van der Waals surface area contributed by atoms with E-state index < -0.39 is 5.97 Å². The van der Waals surface area contributed by atoms with Gasteiger partial charge in [0.25, 0.3) is 0 Å². The van der Waals surface area contributed by atoms with Crippen LogP contribution in [0.4, 0.5) is 0 Å². The van der Waals surface area contributed by atoms with E-state index in [9.17, 15) is 9.59 Å². The fourth-order valence-electron chi connectivity index (χ4n) is 2.92. The predicted molar refractivity (Wildman–Crippen MR) is 101 cm³/mol. The third-order valence-corrected chi connectivity index (χ3v) is 4.36. The van der Waals surface area contributed by atoms with Gasteiger partial charge in [0.2, 0.25) is 5.91 Å². The first-order valence-corrected chi connectivity index (χ1v) is 8.30. The van der Waals surface area contributed by atoms with Crippen molar-refractivity contribution >= 4 is 22.8 Å². The number of rotatable bonds is 4. The second-order valence-electron chi connectivity index (χ2n) is 6.06. The molecule has 0 aliphatic carbocycles. The zero-order valence-electron chi connectivity index (χ0n) is 15.0. The van der Waals surface area contributed by atoms with Crippen molar-refractivity contribution in [3.63, 3.8) is 0 Å². The molecule has 3 rings (SSSR count). The number of amides is 1. The largest absolute Gasteiger partial charge is 0.465 e. The molecule has 132 valence electrons. The zero-order valence-corrected chi connectivity index (χ0v) is 15.0. The standard InChI is InChI=1S/C21H20N2O3/c1-14(24)23(2)13-17-19(21(25)26-3)16-11-7-8-12-18(16)22-20(17)15-9-5-4-6-10-15/h4-12H,13H2,1-3H3. The van der Waals surface area contributed by atoms with Crippen LogP contribution in [0.15, 0.2) is 54.6 Å². The monoisotopic (exact) mass is 348 g/mol. The van der Waals surface area contributed by atoms with E-state index in [1.807, 2.05) is 54.6 Å². The maximum absolute atomic E-state index is 12.6. The van der Waals surface area contributed by atoms with Crippen LogP contribution >= 0.6 is 0 Å². The molecule has 0 radical (unpaired) electrons. The van der Waals surface area contributed by atoms with Crippen molar-refractivity contribution in [3.8, 4) is 11.3 Å². The molecule has 3 aromatic rings. The van der Waals surface area contributed by atoms with Gasteiger partial charge >= 0.3 is 5.97 Å². The van der Waals surface area contributed by atoms with Crippen molar-refractivity contribution in [3.05, 3.63) is 65.7 Å². The second kappa shape index (κ2) is 7.35. The molecule has 0 N–H and O–H groups in total. The van der Waals surface area contributed by atoms with Gasteiger partial charge in [-0.15, -0.1) is 0 Å². The molecule has 0 spiro atoms. The maximum Gasteiger partial charge on any atom is 0.338 e. The number of para-hydroxylation sites is 1. The lowest BCUT2D eigenvalue weighted by molar-refractivity contribution is -0.128. The molecule has 5 heteroatoms. The van der Waals surface area contributed by atoms with E-state index in [0.29, 0.717) is 27.7 Å². The highest BCUT2D eigenvalue weighted by atomic mass is 16.5. The molecule has 0 bridgehead atoms. The van der Waals surface area contributed by atoms with Crippen LogP contribution in [0.3, 0.4) is 0 Å². The van der Waals surface area contributed by atoms with Gasteiger partial charge in [-0.1, -0.05) is 48.5 Å². The molecule has 1 heterocycles. The van der Waals surface area contributed by atoms with Crippen LogP contribution in [0.25, 0.3) is 22.2 Å². The maximum atomic E-state index is 12.6. The van der Waals surface area contributed by atoms with Crippen molar-refractivity contribution in [1.29, 1.82) is 0 Å². The van der Waals surface area contributed by atoms with E-state index in [4.69, 9.17) is 9.72 Å². The number of esters is 1. The number of methoxy groups -OCH3 is 1. The Bertz CT molecular complexity index is 968. The minimum Gasteiger partial charge on any atom is -0.465 e. The molecule has 0 unspecified atom stereocenters. The molecule has 0 atom stereocenters. The van der Waals surface area contributed by atoms with E-state index in [2.05, 4.69) is 0 Å². The van der Waals surface area contributed by atoms with Gasteiger partial charge in [0, 0.05) is 37.0 Å². The van der Waals surface area contributed by atoms with E-state index >= 15 is 0 Å². The number of carbonyl (C=O) groups is 2. The lowest BCUT2D eigenvalue weighted by atomic mass is 9.96. The van der Waals surface area contributed by atoms with Crippen LogP contribution in [0.5, 0.6) is 0 Å². The van der Waals surface area contributed by atoms with Gasteiger partial charge in [0.15, 0.2) is 0 Å². The summed E-state index contributed by atoms with van der Waals surface area (Å²) in [5, 5.41) is 0.714. The SMILES string of the molecule is COC(=O)c1c(CN(C)C(C)=O)c(-c2ccccc2)nc2ccccc12. The Balaban J connectivity index is 2.36. The Morgan fingerprint density at radius 3 is 2.35 bits per heavy atom. The Hall–Kier alpha value is -3.21. The van der Waals surface area contributed by atoms with Crippen molar-refractivity contribution in [1.82, 2.24) is 9.88 Å². The third kappa shape index (κ3) is 3.28. The Kier molecular flexibility index (Phi) is 4.98. The first kappa shape index (κ1) is 17.6. The van der Waals surface area contributed by atoms with Gasteiger partial charge in [-0.3, -0.25) is 4.79 Å². The fourth-order valence-corrected chi connectivity index (χ4v) is 2.92. The Morgan fingerprint density at radius 1 is 1.04 bits per heavy atom. The van der Waals surface area contributed by atoms with Crippen LogP contribution in [0, 0.1) is 0 Å². The normalized spacial score (nSPS) is 10.6. The van der Waals surface area contributed by atoms with Crippen LogP contribution in [-0.4, -0.2) is 35.9 Å². The van der Waals surface area contributed by atoms with E-state index in [-0.39, 0.29) is 12.5 Å². The van der Waals surface area contributed by atoms with Gasteiger partial charge < -0.3 is 9.64 Å². The number of fused-ring (bicyclic) bond motifs is 1. The first-order valence-electron chi connectivity index (χ1n) is 8.30. The van der Waals surface area contributed by atoms with Gasteiger partial charge in [-0.25, -0.2) is 9.78 Å². The summed E-state index contributed by atoms with van der Waals surface area (Å²) in [6, 6.07) is 17.1. The summed E-state index contributed by atoms with van der Waals surface area (Å²) in [6.45, 7) is 1.76. The average molecular weight is 348 g/mol. The summed E-state index contributed by atoms with van der Waals surface area (Å²) in [5.41, 5.74) is 3.40. The molecule has 0 aliphatic rings. The van der Waals surface area contributed by atoms with Gasteiger partial charge in [-0.2, -0.15) is 0 Å². The molecule has 1 amide bonds. The lowest BCUT2D eigenvalue weighted by Crippen LogP contribution is -2.25. The molecular formula is C21H20N2O3. The van der Waals surface area contributed by atoms with Crippen molar-refractivity contribution in [2.24, 2.45) is 0 Å². The molecule has 26 heavy (non-hydrogen) atoms. The summed E-state index contributed by atoms with van der Waals surface area (Å²) in [7, 11) is 3.06. The molecule has 2 aromatic carbocycles. The fraction of sp³-hybridized carbons (Fsp3) is 0.190. The average Bonchev–Trinajstić information content (AvgIpc) is 2.67. The van der Waals surface area contributed by atoms with Crippen LogP contribution in [-0.2, 0) is 16.1 Å². The minimum absolute atomic E-state index is 0.0898. The minimum atomic E-state index is -0.437. The molecule has 1 aromatic heterocycles. The molecular weight excluding hydrogens is 328 g/mol. The smallest absolute Gasteiger partial charge is 0.338 e. The summed E-state index contributed by atoms with van der Waals surface area (Å²) in [6.07, 6.45) is 0. The number of benzene rings is 2. The summed E-state index contributed by atoms with van der Waals surface area (Å²) >= 11 is 0. The number of pyridine rings is 1. The zero-order chi connectivity index (χ0) is 18.7. The van der Waals surface area contributed by atoms with Crippen LogP contribution < -0.4 is 0 Å². The highest BCUT2D eigenvalue weighted by molar-refractivity contribution is 6.06. The molecule has 5 nitrogen and oxygen atoms in total. The number of aromatic nitrogens is 1. The quantitative estimate of drug-likeness (QED) is 0.675. The number of hydrogen-bond donors (Lipinski definition) is 0. The molecule has 0 fully saturated rings. The highest BCUT2D eigenvalue weighted by Crippen LogP contribution is 2.31. The molecule has 0 saturated heterocycles. The lowest BCUT2D eigenvalue weighted by Gasteiger charge is -2.21. The number of ether oxygens (including phenoxy) is 1. The van der Waals surface area contributed by atoms with Crippen molar-refractivity contribution in [2.45, 2.75) is 13.5 Å². The van der Waals surface area contributed by atoms with Gasteiger partial charge in [0.1, 0.15) is 0 Å².